The number of benzene rings is 1. The van der Waals surface area contributed by atoms with Crippen LogP contribution < -0.4 is 10.5 Å². The Balaban J connectivity index is 2.12. The summed E-state index contributed by atoms with van der Waals surface area (Å²) in [7, 11) is 2.10. The molecule has 0 radical (unpaired) electrons. The lowest BCUT2D eigenvalue weighted by molar-refractivity contribution is 0.954. The highest BCUT2D eigenvalue weighted by Crippen LogP contribution is 2.28. The van der Waals surface area contributed by atoms with Gasteiger partial charge in [0.2, 0.25) is 0 Å². The van der Waals surface area contributed by atoms with Crippen LogP contribution in [0, 0.1) is 0 Å². The Bertz CT molecular complexity index is 616. The zero-order chi connectivity index (χ0) is 11.8. The van der Waals surface area contributed by atoms with Crippen molar-refractivity contribution in [3.05, 3.63) is 58.5 Å². The standard InChI is InChI=1S/C14H14N2O/c1-15-9-7-11-10-12(5-6-13(11)15)16-8-3-2-4-14(16)17/h2-6,8,10H,7,9H2,1H3. The third kappa shape index (κ3) is 1.64. The van der Waals surface area contributed by atoms with E-state index in [4.69, 9.17) is 0 Å². The molecule has 3 rings (SSSR count). The van der Waals surface area contributed by atoms with E-state index in [1.807, 2.05) is 18.3 Å². The highest BCUT2D eigenvalue weighted by atomic mass is 16.1. The number of pyridine rings is 1. The van der Waals surface area contributed by atoms with Gasteiger partial charge in [-0.25, -0.2) is 0 Å². The smallest absolute Gasteiger partial charge is 0.255 e. The Kier molecular flexibility index (Phi) is 2.25. The number of nitrogens with zero attached hydrogens (tertiary/aromatic N) is 2. The van der Waals surface area contributed by atoms with E-state index in [0.29, 0.717) is 0 Å². The number of anilines is 1. The molecular weight excluding hydrogens is 212 g/mol. The molecule has 0 aliphatic carbocycles. The van der Waals surface area contributed by atoms with Gasteiger partial charge < -0.3 is 4.90 Å². The Morgan fingerprint density at radius 1 is 1.18 bits per heavy atom. The van der Waals surface area contributed by atoms with Gasteiger partial charge in [-0.2, -0.15) is 0 Å². The van der Waals surface area contributed by atoms with Crippen molar-refractivity contribution in [2.75, 3.05) is 18.5 Å². The van der Waals surface area contributed by atoms with Crippen molar-refractivity contribution in [3.63, 3.8) is 0 Å². The third-order valence-corrected chi connectivity index (χ3v) is 3.29. The lowest BCUT2D eigenvalue weighted by Gasteiger charge is -2.12. The van der Waals surface area contributed by atoms with Crippen molar-refractivity contribution in [2.45, 2.75) is 6.42 Å². The monoisotopic (exact) mass is 226 g/mol. The maximum atomic E-state index is 11.7. The van der Waals surface area contributed by atoms with Gasteiger partial charge in [0.15, 0.2) is 0 Å². The van der Waals surface area contributed by atoms with Crippen LogP contribution in [-0.2, 0) is 6.42 Å². The van der Waals surface area contributed by atoms with E-state index < -0.39 is 0 Å². The molecule has 0 N–H and O–H groups in total. The Labute approximate surface area is 99.9 Å². The first-order valence-corrected chi connectivity index (χ1v) is 5.78. The second-order valence-electron chi connectivity index (χ2n) is 4.39. The van der Waals surface area contributed by atoms with Crippen LogP contribution in [0.15, 0.2) is 47.4 Å². The van der Waals surface area contributed by atoms with Gasteiger partial charge >= 0.3 is 0 Å². The summed E-state index contributed by atoms with van der Waals surface area (Å²) >= 11 is 0. The van der Waals surface area contributed by atoms with Crippen molar-refractivity contribution in [3.8, 4) is 5.69 Å². The molecule has 86 valence electrons. The average molecular weight is 226 g/mol. The molecule has 17 heavy (non-hydrogen) atoms. The fraction of sp³-hybridized carbons (Fsp3) is 0.214. The summed E-state index contributed by atoms with van der Waals surface area (Å²) in [6.45, 7) is 1.06. The number of hydrogen-bond acceptors (Lipinski definition) is 2. The molecule has 1 aromatic carbocycles. The molecule has 1 aliphatic heterocycles. The van der Waals surface area contributed by atoms with Gasteiger partial charge in [0.05, 0.1) is 0 Å². The van der Waals surface area contributed by atoms with Crippen molar-refractivity contribution in [1.82, 2.24) is 4.57 Å². The number of likely N-dealkylation sites (N-methyl/N-ethyl adjacent to an activating group) is 1. The molecule has 1 aliphatic rings. The first-order chi connectivity index (χ1) is 8.25. The van der Waals surface area contributed by atoms with Gasteiger partial charge in [-0.05, 0) is 36.2 Å². The lowest BCUT2D eigenvalue weighted by Crippen LogP contribution is -2.15. The van der Waals surface area contributed by atoms with Crippen LogP contribution in [0.3, 0.4) is 0 Å². The largest absolute Gasteiger partial charge is 0.374 e. The molecular formula is C14H14N2O. The van der Waals surface area contributed by atoms with Crippen LogP contribution in [0.4, 0.5) is 5.69 Å². The van der Waals surface area contributed by atoms with Gasteiger partial charge in [-0.3, -0.25) is 9.36 Å². The highest BCUT2D eigenvalue weighted by Gasteiger charge is 2.15. The van der Waals surface area contributed by atoms with Crippen LogP contribution in [-0.4, -0.2) is 18.2 Å². The zero-order valence-electron chi connectivity index (χ0n) is 9.76. The van der Waals surface area contributed by atoms with E-state index in [1.165, 1.54) is 11.3 Å². The summed E-state index contributed by atoms with van der Waals surface area (Å²) < 4.78 is 1.68. The Hall–Kier alpha value is -2.03. The van der Waals surface area contributed by atoms with E-state index >= 15 is 0 Å². The van der Waals surface area contributed by atoms with Gasteiger partial charge in [0.1, 0.15) is 0 Å². The molecule has 0 bridgehead atoms. The second kappa shape index (κ2) is 3.77. The molecule has 3 heteroatoms. The van der Waals surface area contributed by atoms with Crippen LogP contribution in [0.1, 0.15) is 5.56 Å². The van der Waals surface area contributed by atoms with Crippen molar-refractivity contribution in [2.24, 2.45) is 0 Å². The molecule has 0 fully saturated rings. The van der Waals surface area contributed by atoms with Gasteiger partial charge in [-0.1, -0.05) is 6.07 Å². The molecule has 0 saturated carbocycles. The van der Waals surface area contributed by atoms with Crippen LogP contribution in [0.2, 0.25) is 0 Å². The summed E-state index contributed by atoms with van der Waals surface area (Å²) in [5.41, 5.74) is 3.56. The van der Waals surface area contributed by atoms with Crippen LogP contribution in [0.25, 0.3) is 5.69 Å². The number of fused-ring (bicyclic) bond motifs is 1. The highest BCUT2D eigenvalue weighted by molar-refractivity contribution is 5.60. The van der Waals surface area contributed by atoms with Gasteiger partial charge in [0.25, 0.3) is 5.56 Å². The SMILES string of the molecule is CN1CCc2cc(-n3ccccc3=O)ccc21. The van der Waals surface area contributed by atoms with E-state index in [2.05, 4.69) is 24.1 Å². The van der Waals surface area contributed by atoms with Crippen molar-refractivity contribution < 1.29 is 0 Å². The third-order valence-electron chi connectivity index (χ3n) is 3.29. The fourth-order valence-electron chi connectivity index (χ4n) is 2.34. The average Bonchev–Trinajstić information content (AvgIpc) is 2.71. The summed E-state index contributed by atoms with van der Waals surface area (Å²) in [4.78, 5) is 14.0. The molecule has 0 amide bonds. The Morgan fingerprint density at radius 2 is 2.06 bits per heavy atom. The molecule has 3 nitrogen and oxygen atoms in total. The summed E-state index contributed by atoms with van der Waals surface area (Å²) in [6.07, 6.45) is 2.87. The van der Waals surface area contributed by atoms with Crippen molar-refractivity contribution in [1.29, 1.82) is 0 Å². The zero-order valence-corrected chi connectivity index (χ0v) is 9.76. The van der Waals surface area contributed by atoms with Gasteiger partial charge in [0, 0.05) is 37.2 Å². The minimum atomic E-state index is 0.0128. The molecule has 0 atom stereocenters. The first kappa shape index (κ1) is 10.1. The summed E-state index contributed by atoms with van der Waals surface area (Å²) in [5, 5.41) is 0. The first-order valence-electron chi connectivity index (χ1n) is 5.78. The van der Waals surface area contributed by atoms with E-state index in [0.717, 1.165) is 18.7 Å². The van der Waals surface area contributed by atoms with Crippen LogP contribution >= 0.6 is 0 Å². The van der Waals surface area contributed by atoms with Crippen molar-refractivity contribution >= 4 is 5.69 Å². The van der Waals surface area contributed by atoms with Crippen LogP contribution in [0.5, 0.6) is 0 Å². The van der Waals surface area contributed by atoms with E-state index in [9.17, 15) is 4.79 Å². The molecule has 0 unspecified atom stereocenters. The predicted molar refractivity (Wildman–Crippen MR) is 69.0 cm³/mol. The van der Waals surface area contributed by atoms with E-state index in [1.54, 1.807) is 16.7 Å². The number of aromatic nitrogens is 1. The molecule has 0 spiro atoms. The summed E-state index contributed by atoms with van der Waals surface area (Å²) in [5.74, 6) is 0. The molecule has 1 aromatic heterocycles. The second-order valence-corrected chi connectivity index (χ2v) is 4.39. The van der Waals surface area contributed by atoms with Gasteiger partial charge in [-0.15, -0.1) is 0 Å². The minimum absolute atomic E-state index is 0.0128. The number of hydrogen-bond donors (Lipinski definition) is 0. The summed E-state index contributed by atoms with van der Waals surface area (Å²) in [6, 6.07) is 11.4. The number of rotatable bonds is 1. The predicted octanol–water partition coefficient (Wildman–Crippen LogP) is 1.83. The van der Waals surface area contributed by atoms with E-state index in [-0.39, 0.29) is 5.56 Å². The maximum absolute atomic E-state index is 11.7. The minimum Gasteiger partial charge on any atom is -0.374 e. The normalized spacial score (nSPS) is 13.8. The molecule has 2 aromatic rings. The Morgan fingerprint density at radius 3 is 2.88 bits per heavy atom. The lowest BCUT2D eigenvalue weighted by atomic mass is 10.1. The quantitative estimate of drug-likeness (QED) is 0.741. The topological polar surface area (TPSA) is 25.2 Å². The fourth-order valence-corrected chi connectivity index (χ4v) is 2.34. The molecule has 0 saturated heterocycles. The molecule has 2 heterocycles. The maximum Gasteiger partial charge on any atom is 0.255 e.